The van der Waals surface area contributed by atoms with Crippen LogP contribution in [0.2, 0.25) is 0 Å². The monoisotopic (exact) mass is 377 g/mol. The molecule has 1 saturated heterocycles. The molecule has 0 spiro atoms. The average Bonchev–Trinajstić information content (AvgIpc) is 3.25. The minimum absolute atomic E-state index is 0.0404. The molecule has 0 saturated carbocycles. The van der Waals surface area contributed by atoms with E-state index in [2.05, 4.69) is 34.8 Å². The lowest BCUT2D eigenvalue weighted by Crippen LogP contribution is -2.33. The molecule has 3 heterocycles. The Labute approximate surface area is 165 Å². The number of amides is 2. The quantitative estimate of drug-likeness (QED) is 0.723. The zero-order chi connectivity index (χ0) is 19.8. The third kappa shape index (κ3) is 3.46. The van der Waals surface area contributed by atoms with E-state index in [4.69, 9.17) is 4.98 Å². The molecule has 4 rings (SSSR count). The molecule has 1 unspecified atom stereocenters. The number of fused-ring (bicyclic) bond motifs is 1. The third-order valence-electron chi connectivity index (χ3n) is 5.35. The highest BCUT2D eigenvalue weighted by Crippen LogP contribution is 2.31. The summed E-state index contributed by atoms with van der Waals surface area (Å²) in [7, 11) is 0. The lowest BCUT2D eigenvalue weighted by atomic mass is 10.1. The summed E-state index contributed by atoms with van der Waals surface area (Å²) >= 11 is 0. The Morgan fingerprint density at radius 3 is 2.68 bits per heavy atom. The fraction of sp³-hybridized carbons (Fsp3) is 0.409. The molecule has 1 aliphatic heterocycles. The van der Waals surface area contributed by atoms with Gasteiger partial charge < -0.3 is 14.8 Å². The number of urea groups is 1. The molecule has 2 amide bonds. The van der Waals surface area contributed by atoms with E-state index in [9.17, 15) is 4.79 Å². The maximum Gasteiger partial charge on any atom is 0.321 e. The molecule has 28 heavy (non-hydrogen) atoms. The number of anilines is 1. The van der Waals surface area contributed by atoms with E-state index >= 15 is 0 Å². The first-order valence-corrected chi connectivity index (χ1v) is 9.88. The average molecular weight is 377 g/mol. The number of likely N-dealkylation sites (tertiary alicyclic amines) is 1. The Balaban J connectivity index is 1.53. The highest BCUT2D eigenvalue weighted by molar-refractivity contribution is 5.89. The normalized spacial score (nSPS) is 16.9. The predicted octanol–water partition coefficient (Wildman–Crippen LogP) is 4.65. The number of carbonyl (C=O) groups is 1. The van der Waals surface area contributed by atoms with Crippen molar-refractivity contribution in [3.63, 3.8) is 0 Å². The van der Waals surface area contributed by atoms with Crippen LogP contribution in [0, 0.1) is 13.8 Å². The highest BCUT2D eigenvalue weighted by atomic mass is 16.2. The standard InChI is InChI=1S/C22H27N5O/c1-14(2)27-20-12-23-7-5-19(20)25-21(27)17-6-8-26(13-17)22(28)24-18-10-15(3)9-16(4)11-18/h5,7,9-12,14,17H,6,8,13H2,1-4H3,(H,24,28). The van der Waals surface area contributed by atoms with Crippen LogP contribution in [0.25, 0.3) is 11.0 Å². The minimum Gasteiger partial charge on any atom is -0.324 e. The smallest absolute Gasteiger partial charge is 0.321 e. The second-order valence-electron chi connectivity index (χ2n) is 8.04. The molecular weight excluding hydrogens is 350 g/mol. The van der Waals surface area contributed by atoms with Crippen LogP contribution < -0.4 is 5.32 Å². The summed E-state index contributed by atoms with van der Waals surface area (Å²) in [4.78, 5) is 23.8. The lowest BCUT2D eigenvalue weighted by Gasteiger charge is -2.19. The first kappa shape index (κ1) is 18.5. The van der Waals surface area contributed by atoms with Crippen molar-refractivity contribution >= 4 is 22.8 Å². The van der Waals surface area contributed by atoms with Crippen molar-refractivity contribution in [2.24, 2.45) is 0 Å². The van der Waals surface area contributed by atoms with Gasteiger partial charge in [0.2, 0.25) is 0 Å². The predicted molar refractivity (Wildman–Crippen MR) is 112 cm³/mol. The maximum atomic E-state index is 12.8. The summed E-state index contributed by atoms with van der Waals surface area (Å²) in [5, 5.41) is 3.05. The van der Waals surface area contributed by atoms with Crippen LogP contribution in [0.1, 0.15) is 49.2 Å². The van der Waals surface area contributed by atoms with Crippen molar-refractivity contribution in [2.75, 3.05) is 18.4 Å². The number of pyridine rings is 1. The Morgan fingerprint density at radius 2 is 1.96 bits per heavy atom. The van der Waals surface area contributed by atoms with E-state index in [0.29, 0.717) is 12.6 Å². The van der Waals surface area contributed by atoms with Gasteiger partial charge in [0, 0.05) is 36.9 Å². The summed E-state index contributed by atoms with van der Waals surface area (Å²) in [6.07, 6.45) is 4.58. The van der Waals surface area contributed by atoms with Gasteiger partial charge in [0.1, 0.15) is 5.82 Å². The first-order valence-electron chi connectivity index (χ1n) is 9.88. The van der Waals surface area contributed by atoms with Crippen molar-refractivity contribution in [1.29, 1.82) is 0 Å². The molecule has 1 fully saturated rings. The van der Waals surface area contributed by atoms with Crippen LogP contribution >= 0.6 is 0 Å². The molecule has 146 valence electrons. The van der Waals surface area contributed by atoms with Crippen LogP contribution in [-0.4, -0.2) is 38.6 Å². The highest BCUT2D eigenvalue weighted by Gasteiger charge is 2.31. The van der Waals surface area contributed by atoms with Crippen molar-refractivity contribution in [2.45, 2.75) is 46.1 Å². The van der Waals surface area contributed by atoms with Crippen LogP contribution in [0.4, 0.5) is 10.5 Å². The van der Waals surface area contributed by atoms with Crippen LogP contribution in [0.3, 0.4) is 0 Å². The Kier molecular flexibility index (Phi) is 4.79. The number of nitrogens with one attached hydrogen (secondary N) is 1. The van der Waals surface area contributed by atoms with Gasteiger partial charge in [-0.3, -0.25) is 4.98 Å². The summed E-state index contributed by atoms with van der Waals surface area (Å²) in [6.45, 7) is 9.83. The van der Waals surface area contributed by atoms with Gasteiger partial charge in [-0.2, -0.15) is 0 Å². The summed E-state index contributed by atoms with van der Waals surface area (Å²) < 4.78 is 2.26. The molecule has 6 nitrogen and oxygen atoms in total. The van der Waals surface area contributed by atoms with E-state index < -0.39 is 0 Å². The van der Waals surface area contributed by atoms with Crippen LogP contribution in [0.15, 0.2) is 36.7 Å². The van der Waals surface area contributed by atoms with Crippen molar-refractivity contribution < 1.29 is 4.79 Å². The zero-order valence-electron chi connectivity index (χ0n) is 16.9. The largest absolute Gasteiger partial charge is 0.324 e. The molecule has 0 bridgehead atoms. The molecule has 6 heteroatoms. The number of hydrogen-bond donors (Lipinski definition) is 1. The fourth-order valence-electron chi connectivity index (χ4n) is 4.20. The van der Waals surface area contributed by atoms with Gasteiger partial charge in [-0.25, -0.2) is 9.78 Å². The third-order valence-corrected chi connectivity index (χ3v) is 5.35. The number of nitrogens with zero attached hydrogens (tertiary/aromatic N) is 4. The van der Waals surface area contributed by atoms with E-state index in [-0.39, 0.29) is 11.9 Å². The second-order valence-corrected chi connectivity index (χ2v) is 8.04. The number of hydrogen-bond acceptors (Lipinski definition) is 3. The summed E-state index contributed by atoms with van der Waals surface area (Å²) in [5.41, 5.74) is 5.18. The van der Waals surface area contributed by atoms with E-state index in [1.54, 1.807) is 6.20 Å². The van der Waals surface area contributed by atoms with E-state index in [0.717, 1.165) is 46.6 Å². The number of aromatic nitrogens is 3. The molecule has 1 aromatic carbocycles. The lowest BCUT2D eigenvalue weighted by molar-refractivity contribution is 0.222. The van der Waals surface area contributed by atoms with Gasteiger partial charge in [-0.15, -0.1) is 0 Å². The fourth-order valence-corrected chi connectivity index (χ4v) is 4.20. The molecule has 2 aromatic heterocycles. The number of aryl methyl sites for hydroxylation is 2. The molecule has 0 radical (unpaired) electrons. The number of carbonyl (C=O) groups excluding carboxylic acids is 1. The summed E-state index contributed by atoms with van der Waals surface area (Å²) in [6, 6.07) is 8.32. The number of rotatable bonds is 3. The summed E-state index contributed by atoms with van der Waals surface area (Å²) in [5.74, 6) is 1.29. The Hall–Kier alpha value is -2.89. The van der Waals surface area contributed by atoms with Crippen LogP contribution in [-0.2, 0) is 0 Å². The van der Waals surface area contributed by atoms with E-state index in [1.807, 2.05) is 43.1 Å². The van der Waals surface area contributed by atoms with Gasteiger partial charge in [0.25, 0.3) is 0 Å². The number of imidazole rings is 1. The van der Waals surface area contributed by atoms with Crippen molar-refractivity contribution in [3.05, 3.63) is 53.6 Å². The SMILES string of the molecule is Cc1cc(C)cc(NC(=O)N2CCC(c3nc4ccncc4n3C(C)C)C2)c1. The molecule has 0 aliphatic carbocycles. The van der Waals surface area contributed by atoms with Gasteiger partial charge >= 0.3 is 6.03 Å². The molecular formula is C22H27N5O. The van der Waals surface area contributed by atoms with E-state index in [1.165, 1.54) is 0 Å². The topological polar surface area (TPSA) is 63.1 Å². The molecule has 1 N–H and O–H groups in total. The van der Waals surface area contributed by atoms with Crippen LogP contribution in [0.5, 0.6) is 0 Å². The minimum atomic E-state index is -0.0404. The maximum absolute atomic E-state index is 12.8. The van der Waals surface area contributed by atoms with Crippen molar-refractivity contribution in [1.82, 2.24) is 19.4 Å². The number of benzene rings is 1. The molecule has 1 aliphatic rings. The van der Waals surface area contributed by atoms with Gasteiger partial charge in [0.05, 0.1) is 17.2 Å². The van der Waals surface area contributed by atoms with Gasteiger partial charge in [-0.05, 0) is 63.4 Å². The molecule has 1 atom stereocenters. The Morgan fingerprint density at radius 1 is 1.21 bits per heavy atom. The molecule has 3 aromatic rings. The Bertz CT molecular complexity index is 1000. The second kappa shape index (κ2) is 7.26. The van der Waals surface area contributed by atoms with Crippen molar-refractivity contribution in [3.8, 4) is 0 Å². The van der Waals surface area contributed by atoms with Gasteiger partial charge in [-0.1, -0.05) is 6.07 Å². The zero-order valence-corrected chi connectivity index (χ0v) is 16.9. The first-order chi connectivity index (χ1) is 13.4. The van der Waals surface area contributed by atoms with Gasteiger partial charge in [0.15, 0.2) is 0 Å².